The van der Waals surface area contributed by atoms with Gasteiger partial charge in [-0.05, 0) is 33.1 Å². The SMILES string of the molecule is CC(C)(C(=O)OC1CCCCC12OCC(CO)(CO)CO2)C(F)(F)F. The third-order valence-corrected chi connectivity index (χ3v) is 5.12. The van der Waals surface area contributed by atoms with Crippen LogP contribution >= 0.6 is 0 Å². The number of carbonyl (C=O) groups excluding carboxylic acids is 1. The summed E-state index contributed by atoms with van der Waals surface area (Å²) in [6, 6.07) is 0. The van der Waals surface area contributed by atoms with Crippen LogP contribution < -0.4 is 0 Å². The first-order chi connectivity index (χ1) is 11.5. The van der Waals surface area contributed by atoms with Gasteiger partial charge in [0, 0.05) is 6.42 Å². The minimum absolute atomic E-state index is 0.0310. The molecule has 9 heteroatoms. The van der Waals surface area contributed by atoms with Crippen LogP contribution in [0.2, 0.25) is 0 Å². The Morgan fingerprint density at radius 1 is 1.16 bits per heavy atom. The highest BCUT2D eigenvalue weighted by Crippen LogP contribution is 2.44. The Morgan fingerprint density at radius 3 is 2.20 bits per heavy atom. The van der Waals surface area contributed by atoms with Gasteiger partial charge in [0.15, 0.2) is 11.5 Å². The van der Waals surface area contributed by atoms with E-state index in [1.807, 2.05) is 0 Å². The molecule has 0 amide bonds. The van der Waals surface area contributed by atoms with Gasteiger partial charge in [0.25, 0.3) is 0 Å². The zero-order valence-electron chi connectivity index (χ0n) is 14.4. The maximum Gasteiger partial charge on any atom is 0.404 e. The molecule has 146 valence electrons. The third kappa shape index (κ3) is 3.79. The molecule has 1 aliphatic heterocycles. The molecule has 1 saturated heterocycles. The highest BCUT2D eigenvalue weighted by molar-refractivity contribution is 5.77. The summed E-state index contributed by atoms with van der Waals surface area (Å²) in [5, 5.41) is 18.8. The molecule has 1 unspecified atom stereocenters. The van der Waals surface area contributed by atoms with Crippen molar-refractivity contribution < 1.29 is 42.4 Å². The number of ether oxygens (including phenoxy) is 3. The van der Waals surface area contributed by atoms with Crippen LogP contribution in [0, 0.1) is 10.8 Å². The van der Waals surface area contributed by atoms with Crippen LogP contribution in [-0.2, 0) is 19.0 Å². The van der Waals surface area contributed by atoms with Gasteiger partial charge in [0.1, 0.15) is 0 Å². The minimum Gasteiger partial charge on any atom is -0.456 e. The van der Waals surface area contributed by atoms with Crippen molar-refractivity contribution in [2.45, 2.75) is 57.6 Å². The van der Waals surface area contributed by atoms with Gasteiger partial charge >= 0.3 is 12.1 Å². The van der Waals surface area contributed by atoms with E-state index in [1.54, 1.807) is 0 Å². The Labute approximate surface area is 144 Å². The summed E-state index contributed by atoms with van der Waals surface area (Å²) < 4.78 is 55.7. The Bertz CT molecular complexity index is 477. The number of esters is 1. The lowest BCUT2D eigenvalue weighted by Gasteiger charge is -2.49. The summed E-state index contributed by atoms with van der Waals surface area (Å²) in [7, 11) is 0. The van der Waals surface area contributed by atoms with Gasteiger partial charge in [0.05, 0.1) is 31.8 Å². The molecule has 2 fully saturated rings. The van der Waals surface area contributed by atoms with Crippen LogP contribution in [0.5, 0.6) is 0 Å². The molecule has 1 saturated carbocycles. The fourth-order valence-electron chi connectivity index (χ4n) is 2.82. The molecule has 1 spiro atoms. The molecule has 2 aliphatic rings. The number of aliphatic hydroxyl groups is 2. The lowest BCUT2D eigenvalue weighted by Crippen LogP contribution is -2.60. The average molecular weight is 370 g/mol. The molecule has 0 aromatic rings. The van der Waals surface area contributed by atoms with E-state index in [9.17, 15) is 28.2 Å². The number of aliphatic hydroxyl groups excluding tert-OH is 2. The summed E-state index contributed by atoms with van der Waals surface area (Å²) in [5.41, 5.74) is -3.61. The molecule has 1 heterocycles. The predicted molar refractivity (Wildman–Crippen MR) is 79.4 cm³/mol. The summed E-state index contributed by atoms with van der Waals surface area (Å²) in [6.45, 7) is 0.773. The summed E-state index contributed by atoms with van der Waals surface area (Å²) in [6.07, 6.45) is -3.63. The third-order valence-electron chi connectivity index (χ3n) is 5.12. The topological polar surface area (TPSA) is 85.2 Å². The molecule has 0 radical (unpaired) electrons. The van der Waals surface area contributed by atoms with Crippen LogP contribution in [0.3, 0.4) is 0 Å². The van der Waals surface area contributed by atoms with E-state index in [2.05, 4.69) is 0 Å². The van der Waals surface area contributed by atoms with Crippen molar-refractivity contribution in [3.8, 4) is 0 Å². The van der Waals surface area contributed by atoms with E-state index in [0.29, 0.717) is 25.7 Å². The van der Waals surface area contributed by atoms with Crippen molar-refractivity contribution >= 4 is 5.97 Å². The van der Waals surface area contributed by atoms with Crippen molar-refractivity contribution in [2.75, 3.05) is 26.4 Å². The highest BCUT2D eigenvalue weighted by atomic mass is 19.4. The molecule has 2 N–H and O–H groups in total. The second-order valence-electron chi connectivity index (χ2n) is 7.47. The van der Waals surface area contributed by atoms with E-state index < -0.39 is 34.9 Å². The number of carbonyl (C=O) groups is 1. The smallest absolute Gasteiger partial charge is 0.404 e. The minimum atomic E-state index is -4.73. The van der Waals surface area contributed by atoms with Crippen LogP contribution in [0.1, 0.15) is 39.5 Å². The molecule has 2 rings (SSSR count). The van der Waals surface area contributed by atoms with Crippen molar-refractivity contribution in [3.63, 3.8) is 0 Å². The Kier molecular flexibility index (Phi) is 5.73. The average Bonchev–Trinajstić information content (AvgIpc) is 2.57. The first-order valence-electron chi connectivity index (χ1n) is 8.29. The molecular formula is C16H25F3O6. The number of alkyl halides is 3. The second-order valence-corrected chi connectivity index (χ2v) is 7.47. The van der Waals surface area contributed by atoms with Gasteiger partial charge in [-0.2, -0.15) is 13.2 Å². The first-order valence-corrected chi connectivity index (χ1v) is 8.29. The molecular weight excluding hydrogens is 345 g/mol. The quantitative estimate of drug-likeness (QED) is 0.734. The number of halogens is 3. The van der Waals surface area contributed by atoms with Crippen molar-refractivity contribution in [1.29, 1.82) is 0 Å². The Balaban J connectivity index is 2.13. The number of hydrogen-bond donors (Lipinski definition) is 2. The molecule has 6 nitrogen and oxygen atoms in total. The monoisotopic (exact) mass is 370 g/mol. The van der Waals surface area contributed by atoms with E-state index in [0.717, 1.165) is 13.8 Å². The summed E-state index contributed by atoms with van der Waals surface area (Å²) >= 11 is 0. The lowest BCUT2D eigenvalue weighted by atomic mass is 9.85. The predicted octanol–water partition coefficient (Wildman–Crippen LogP) is 1.77. The largest absolute Gasteiger partial charge is 0.456 e. The van der Waals surface area contributed by atoms with E-state index in [-0.39, 0.29) is 26.4 Å². The van der Waals surface area contributed by atoms with Gasteiger partial charge in [-0.25, -0.2) is 0 Å². The van der Waals surface area contributed by atoms with Crippen LogP contribution in [0.25, 0.3) is 0 Å². The zero-order chi connectivity index (χ0) is 18.9. The fourth-order valence-corrected chi connectivity index (χ4v) is 2.82. The summed E-state index contributed by atoms with van der Waals surface area (Å²) in [5.74, 6) is -2.71. The van der Waals surface area contributed by atoms with Crippen LogP contribution in [0.4, 0.5) is 13.2 Å². The van der Waals surface area contributed by atoms with Gasteiger partial charge < -0.3 is 24.4 Å². The van der Waals surface area contributed by atoms with Gasteiger partial charge in [0.2, 0.25) is 5.79 Å². The van der Waals surface area contributed by atoms with Crippen molar-refractivity contribution in [1.82, 2.24) is 0 Å². The molecule has 1 atom stereocenters. The normalized spacial score (nSPS) is 26.4. The van der Waals surface area contributed by atoms with E-state index >= 15 is 0 Å². The fraction of sp³-hybridized carbons (Fsp3) is 0.938. The maximum atomic E-state index is 13.0. The van der Waals surface area contributed by atoms with Crippen molar-refractivity contribution in [3.05, 3.63) is 0 Å². The van der Waals surface area contributed by atoms with Crippen molar-refractivity contribution in [2.24, 2.45) is 10.8 Å². The molecule has 0 bridgehead atoms. The molecule has 25 heavy (non-hydrogen) atoms. The van der Waals surface area contributed by atoms with Gasteiger partial charge in [-0.1, -0.05) is 0 Å². The standard InChI is InChI=1S/C16H25F3O6/c1-13(2,16(17,18)19)12(22)25-11-5-3-4-6-15(11)23-9-14(7-20,8-21)10-24-15/h11,20-21H,3-10H2,1-2H3. The number of rotatable bonds is 4. The Morgan fingerprint density at radius 2 is 1.72 bits per heavy atom. The number of hydrogen-bond acceptors (Lipinski definition) is 6. The highest BCUT2D eigenvalue weighted by Gasteiger charge is 2.57. The second kappa shape index (κ2) is 7.02. The lowest BCUT2D eigenvalue weighted by molar-refractivity contribution is -0.355. The molecule has 1 aliphatic carbocycles. The van der Waals surface area contributed by atoms with Gasteiger partial charge in [-0.3, -0.25) is 4.79 Å². The zero-order valence-corrected chi connectivity index (χ0v) is 14.4. The molecule has 0 aromatic heterocycles. The van der Waals surface area contributed by atoms with E-state index in [4.69, 9.17) is 14.2 Å². The molecule has 0 aromatic carbocycles. The maximum absolute atomic E-state index is 13.0. The van der Waals surface area contributed by atoms with E-state index in [1.165, 1.54) is 0 Å². The van der Waals surface area contributed by atoms with Crippen LogP contribution in [-0.4, -0.2) is 60.7 Å². The first kappa shape index (κ1) is 20.4. The van der Waals surface area contributed by atoms with Crippen LogP contribution in [0.15, 0.2) is 0 Å². The summed E-state index contributed by atoms with van der Waals surface area (Å²) in [4.78, 5) is 12.1. The Hall–Kier alpha value is -0.900. The van der Waals surface area contributed by atoms with Gasteiger partial charge in [-0.15, -0.1) is 0 Å².